The number of piperidine rings is 1. The Hall–Kier alpha value is -3.96. The molecular formula is C28H33F4N7O9S. The zero-order valence-corrected chi connectivity index (χ0v) is 26.8. The van der Waals surface area contributed by atoms with Gasteiger partial charge in [0.2, 0.25) is 11.7 Å². The quantitative estimate of drug-likeness (QED) is 0.0808. The minimum Gasteiger partial charge on any atom is -0.396 e. The van der Waals surface area contributed by atoms with Gasteiger partial charge in [0, 0.05) is 12.1 Å². The lowest BCUT2D eigenvalue weighted by atomic mass is 9.89. The molecule has 4 aromatic rings. The SMILES string of the molecule is CCC1CC(Nc2cccc3c(CC(F)(F)F)c(-c4noc(CNC(=O)c5cn(C(O)(O)O)nc5OC(O)(O)O)n4)sc23)C(F)C(C)N1C. The van der Waals surface area contributed by atoms with Gasteiger partial charge in [0.1, 0.15) is 11.7 Å². The number of hydrogen-bond donors (Lipinski definition) is 8. The van der Waals surface area contributed by atoms with Crippen LogP contribution in [0.5, 0.6) is 5.88 Å². The number of nitrogens with one attached hydrogen (secondary N) is 2. The van der Waals surface area contributed by atoms with Gasteiger partial charge in [-0.2, -0.15) is 22.8 Å². The van der Waals surface area contributed by atoms with Crippen LogP contribution in [0.25, 0.3) is 20.8 Å². The topological polar surface area (TPSA) is 232 Å². The summed E-state index contributed by atoms with van der Waals surface area (Å²) in [5.41, 5.74) is -0.441. The number of benzene rings is 1. The van der Waals surface area contributed by atoms with Crippen molar-refractivity contribution in [3.05, 3.63) is 41.4 Å². The molecule has 4 heterocycles. The second-order valence-electron chi connectivity index (χ2n) is 11.5. The van der Waals surface area contributed by atoms with E-state index in [1.165, 1.54) is 6.07 Å². The van der Waals surface area contributed by atoms with E-state index in [2.05, 4.69) is 30.6 Å². The molecule has 0 spiro atoms. The summed E-state index contributed by atoms with van der Waals surface area (Å²) >= 11 is 0.952. The minimum absolute atomic E-state index is 0.0233. The molecule has 268 valence electrons. The van der Waals surface area contributed by atoms with Crippen LogP contribution in [-0.2, 0) is 19.1 Å². The van der Waals surface area contributed by atoms with Crippen LogP contribution in [0.3, 0.4) is 0 Å². The molecule has 5 rings (SSSR count). The molecule has 0 bridgehead atoms. The first-order valence-corrected chi connectivity index (χ1v) is 15.6. The lowest BCUT2D eigenvalue weighted by molar-refractivity contribution is -0.421. The second-order valence-corrected chi connectivity index (χ2v) is 12.6. The Morgan fingerprint density at radius 3 is 2.53 bits per heavy atom. The number of anilines is 1. The number of rotatable bonds is 11. The van der Waals surface area contributed by atoms with Gasteiger partial charge >= 0.3 is 18.4 Å². The van der Waals surface area contributed by atoms with Crippen molar-refractivity contribution in [3.63, 3.8) is 0 Å². The summed E-state index contributed by atoms with van der Waals surface area (Å²) in [5.74, 6) is -2.75. The van der Waals surface area contributed by atoms with Gasteiger partial charge in [-0.15, -0.1) is 16.4 Å². The van der Waals surface area contributed by atoms with E-state index in [-0.39, 0.29) is 44.3 Å². The number of aliphatic hydroxyl groups is 6. The van der Waals surface area contributed by atoms with Crippen molar-refractivity contribution in [1.29, 1.82) is 0 Å². The van der Waals surface area contributed by atoms with Crippen molar-refractivity contribution < 1.29 is 62.3 Å². The highest BCUT2D eigenvalue weighted by atomic mass is 32.1. The van der Waals surface area contributed by atoms with Crippen LogP contribution in [-0.4, -0.2) is 105 Å². The molecule has 4 atom stereocenters. The van der Waals surface area contributed by atoms with E-state index in [0.29, 0.717) is 23.0 Å². The number of likely N-dealkylation sites (tertiary alicyclic amines) is 1. The van der Waals surface area contributed by atoms with Crippen molar-refractivity contribution in [2.45, 2.75) is 82.4 Å². The zero-order valence-electron chi connectivity index (χ0n) is 26.0. The Bertz CT molecular complexity index is 1800. The Balaban J connectivity index is 1.42. The molecule has 1 amide bonds. The van der Waals surface area contributed by atoms with Crippen molar-refractivity contribution in [3.8, 4) is 16.6 Å². The number of aromatic nitrogens is 4. The summed E-state index contributed by atoms with van der Waals surface area (Å²) in [4.78, 5) is 18.9. The number of ether oxygens (including phenoxy) is 1. The number of halogens is 4. The molecule has 21 heteroatoms. The average Bonchev–Trinajstić information content (AvgIpc) is 3.72. The molecule has 4 unspecified atom stereocenters. The molecule has 0 aliphatic carbocycles. The summed E-state index contributed by atoms with van der Waals surface area (Å²) in [6.07, 6.45) is -12.9. The molecule has 1 fully saturated rings. The van der Waals surface area contributed by atoms with E-state index in [1.807, 2.05) is 18.9 Å². The largest absolute Gasteiger partial charge is 0.454 e. The second kappa shape index (κ2) is 13.4. The number of carbonyl (C=O) groups is 1. The lowest BCUT2D eigenvalue weighted by Gasteiger charge is -2.44. The standard InChI is InChI=1S/C28H33F4N7O9S/c1-4-13-8-18(20(29)12(2)38(13)3)34-17-7-5-6-14-15(9-26(30,31)32)22(49-21(14)17)23-35-19(48-37-23)10-33-24(40)16-11-39(27(41,42)43)36-25(16)47-28(44,45)46/h5-7,11-13,18,20,34,41-46H,4,8-10H2,1-3H3,(H,33,40). The maximum atomic E-state index is 15.5. The fourth-order valence-electron chi connectivity index (χ4n) is 5.66. The normalized spacial score (nSPS) is 20.9. The van der Waals surface area contributed by atoms with Crippen molar-refractivity contribution in [2.75, 3.05) is 12.4 Å². The predicted octanol–water partition coefficient (Wildman–Crippen LogP) is 1.32. The van der Waals surface area contributed by atoms with Crippen LogP contribution in [0, 0.1) is 0 Å². The van der Waals surface area contributed by atoms with Gasteiger partial charge in [0.25, 0.3) is 11.8 Å². The summed E-state index contributed by atoms with van der Waals surface area (Å²) in [5, 5.41) is 68.1. The molecule has 49 heavy (non-hydrogen) atoms. The first-order valence-electron chi connectivity index (χ1n) is 14.7. The Morgan fingerprint density at radius 2 is 1.90 bits per heavy atom. The molecule has 1 saturated heterocycles. The van der Waals surface area contributed by atoms with Crippen molar-refractivity contribution in [2.24, 2.45) is 0 Å². The maximum absolute atomic E-state index is 15.5. The Labute approximate surface area is 278 Å². The first-order chi connectivity index (χ1) is 22.8. The molecule has 1 aliphatic heterocycles. The summed E-state index contributed by atoms with van der Waals surface area (Å²) < 4.78 is 66.8. The number of alkyl halides is 4. The maximum Gasteiger partial charge on any atom is 0.454 e. The van der Waals surface area contributed by atoms with E-state index < -0.39 is 61.0 Å². The summed E-state index contributed by atoms with van der Waals surface area (Å²) in [6.45, 7) is 3.23. The van der Waals surface area contributed by atoms with Gasteiger partial charge in [-0.05, 0) is 43.8 Å². The zero-order chi connectivity index (χ0) is 36.1. The number of hydrogen-bond acceptors (Lipinski definition) is 15. The monoisotopic (exact) mass is 719 g/mol. The fraction of sp³-hybridized carbons (Fsp3) is 0.500. The molecule has 1 aromatic carbocycles. The molecule has 8 N–H and O–H groups in total. The number of carbonyl (C=O) groups excluding carboxylic acids is 1. The van der Waals surface area contributed by atoms with Crippen LogP contribution >= 0.6 is 11.3 Å². The highest BCUT2D eigenvalue weighted by Crippen LogP contribution is 2.44. The van der Waals surface area contributed by atoms with Crippen LogP contribution in [0.4, 0.5) is 23.2 Å². The molecule has 16 nitrogen and oxygen atoms in total. The van der Waals surface area contributed by atoms with Crippen LogP contribution in [0.1, 0.15) is 48.5 Å². The van der Waals surface area contributed by atoms with E-state index in [4.69, 9.17) is 19.8 Å². The number of amides is 1. The van der Waals surface area contributed by atoms with Gasteiger partial charge in [-0.3, -0.25) is 9.69 Å². The van der Waals surface area contributed by atoms with E-state index >= 15 is 4.39 Å². The molecule has 1 aliphatic rings. The molecular weight excluding hydrogens is 686 g/mol. The molecule has 0 saturated carbocycles. The smallest absolute Gasteiger partial charge is 0.396 e. The third kappa shape index (κ3) is 8.10. The number of nitrogens with zero attached hydrogens (tertiary/aromatic N) is 5. The first kappa shape index (κ1) is 36.3. The third-order valence-electron chi connectivity index (χ3n) is 8.13. The van der Waals surface area contributed by atoms with E-state index in [1.54, 1.807) is 19.1 Å². The minimum atomic E-state index is -4.62. The predicted molar refractivity (Wildman–Crippen MR) is 161 cm³/mol. The van der Waals surface area contributed by atoms with E-state index in [9.17, 15) is 33.3 Å². The number of thiophene rings is 1. The van der Waals surface area contributed by atoms with Crippen molar-refractivity contribution in [1.82, 2.24) is 30.1 Å². The van der Waals surface area contributed by atoms with Crippen LogP contribution < -0.4 is 15.4 Å². The van der Waals surface area contributed by atoms with Crippen LogP contribution in [0.2, 0.25) is 0 Å². The van der Waals surface area contributed by atoms with Gasteiger partial charge in [0.15, 0.2) is 0 Å². The Morgan fingerprint density at radius 1 is 1.18 bits per heavy atom. The van der Waals surface area contributed by atoms with Crippen LogP contribution in [0.15, 0.2) is 28.9 Å². The Kier molecular flexibility index (Phi) is 9.93. The average molecular weight is 720 g/mol. The van der Waals surface area contributed by atoms with Gasteiger partial charge in [-0.25, -0.2) is 4.39 Å². The van der Waals surface area contributed by atoms with E-state index in [0.717, 1.165) is 17.8 Å². The van der Waals surface area contributed by atoms with Crippen molar-refractivity contribution >= 4 is 33.0 Å². The number of fused-ring (bicyclic) bond motifs is 1. The fourth-order valence-corrected chi connectivity index (χ4v) is 6.88. The van der Waals surface area contributed by atoms with Gasteiger partial charge in [0.05, 0.1) is 40.5 Å². The lowest BCUT2D eigenvalue weighted by Crippen LogP contribution is -2.56. The summed E-state index contributed by atoms with van der Waals surface area (Å²) in [6, 6.07) is 3.88. The summed E-state index contributed by atoms with van der Waals surface area (Å²) in [7, 11) is 1.86. The highest BCUT2D eigenvalue weighted by Gasteiger charge is 2.39. The highest BCUT2D eigenvalue weighted by molar-refractivity contribution is 7.23. The van der Waals surface area contributed by atoms with Gasteiger partial charge in [-0.1, -0.05) is 24.2 Å². The van der Waals surface area contributed by atoms with Gasteiger partial charge < -0.3 is 50.5 Å². The molecule has 3 aromatic heterocycles. The molecule has 0 radical (unpaired) electrons. The third-order valence-corrected chi connectivity index (χ3v) is 9.41.